The molecular formula is C36H37NO3. The number of hydrogen-bond acceptors (Lipinski definition) is 3. The lowest BCUT2D eigenvalue weighted by atomic mass is 9.96. The van der Waals surface area contributed by atoms with Crippen molar-refractivity contribution < 1.29 is 14.3 Å². The van der Waals surface area contributed by atoms with Crippen molar-refractivity contribution in [2.75, 3.05) is 6.61 Å². The van der Waals surface area contributed by atoms with E-state index in [0.29, 0.717) is 19.3 Å². The molecule has 0 spiro atoms. The summed E-state index contributed by atoms with van der Waals surface area (Å²) in [7, 11) is 0. The molecule has 5 rings (SSSR count). The highest BCUT2D eigenvalue weighted by molar-refractivity contribution is 5.89. The molecule has 0 fully saturated rings. The van der Waals surface area contributed by atoms with E-state index in [1.807, 2.05) is 48.5 Å². The van der Waals surface area contributed by atoms with Gasteiger partial charge in [0.05, 0.1) is 6.04 Å². The Balaban J connectivity index is 1.22. The fourth-order valence-corrected chi connectivity index (χ4v) is 5.85. The Morgan fingerprint density at radius 1 is 0.825 bits per heavy atom. The van der Waals surface area contributed by atoms with Gasteiger partial charge in [0.1, 0.15) is 6.61 Å². The lowest BCUT2D eigenvalue weighted by Gasteiger charge is -2.19. The summed E-state index contributed by atoms with van der Waals surface area (Å²) in [5.41, 5.74) is 5.86. The molecule has 0 aliphatic heterocycles. The van der Waals surface area contributed by atoms with Gasteiger partial charge in [0, 0.05) is 12.3 Å². The smallest absolute Gasteiger partial charge is 0.407 e. The first-order valence-corrected chi connectivity index (χ1v) is 14.4. The van der Waals surface area contributed by atoms with Gasteiger partial charge < -0.3 is 10.1 Å². The number of nitrogens with one attached hydrogen (secondary N) is 1. The third-order valence-corrected chi connectivity index (χ3v) is 7.95. The molecule has 0 radical (unpaired) electrons. The number of aryl methyl sites for hydroxylation is 1. The first-order chi connectivity index (χ1) is 19.7. The molecule has 0 saturated carbocycles. The minimum absolute atomic E-state index is 0.0161. The molecule has 1 aliphatic carbocycles. The largest absolute Gasteiger partial charge is 0.449 e. The van der Waals surface area contributed by atoms with E-state index in [1.165, 1.54) is 33.0 Å². The van der Waals surface area contributed by atoms with Crippen LogP contribution in [0.1, 0.15) is 61.1 Å². The van der Waals surface area contributed by atoms with Gasteiger partial charge in [0.25, 0.3) is 0 Å². The molecule has 0 heterocycles. The van der Waals surface area contributed by atoms with Gasteiger partial charge in [0.15, 0.2) is 5.78 Å². The predicted molar refractivity (Wildman–Crippen MR) is 163 cm³/mol. The SMILES string of the molecule is C=CCCCCC[C@H](NC(=O)OCC1c2ccccc2-c2ccccc21)C(=O)CCc1cccc2ccccc12. The average Bonchev–Trinajstić information content (AvgIpc) is 3.31. The zero-order chi connectivity index (χ0) is 27.7. The number of benzene rings is 4. The average molecular weight is 532 g/mol. The number of Topliss-reactive ketones (excluding diaryl/α,β-unsaturated/α-hetero) is 1. The fraction of sp³-hybridized carbons (Fsp3) is 0.278. The molecule has 4 aromatic rings. The topological polar surface area (TPSA) is 55.4 Å². The molecule has 0 bridgehead atoms. The zero-order valence-corrected chi connectivity index (χ0v) is 23.0. The van der Waals surface area contributed by atoms with Crippen LogP contribution in [0.3, 0.4) is 0 Å². The second kappa shape index (κ2) is 13.3. The van der Waals surface area contributed by atoms with E-state index in [0.717, 1.165) is 31.2 Å². The van der Waals surface area contributed by atoms with Gasteiger partial charge >= 0.3 is 6.09 Å². The van der Waals surface area contributed by atoms with E-state index in [-0.39, 0.29) is 18.3 Å². The molecule has 40 heavy (non-hydrogen) atoms. The van der Waals surface area contributed by atoms with Crippen molar-refractivity contribution in [2.45, 2.75) is 56.9 Å². The summed E-state index contributed by atoms with van der Waals surface area (Å²) in [6.07, 6.45) is 6.85. The molecule has 1 N–H and O–H groups in total. The quantitative estimate of drug-likeness (QED) is 0.139. The number of fused-ring (bicyclic) bond motifs is 4. The minimum Gasteiger partial charge on any atom is -0.449 e. The highest BCUT2D eigenvalue weighted by Gasteiger charge is 2.29. The van der Waals surface area contributed by atoms with Crippen LogP contribution in [0.15, 0.2) is 104 Å². The van der Waals surface area contributed by atoms with Gasteiger partial charge in [-0.2, -0.15) is 0 Å². The van der Waals surface area contributed by atoms with Crippen molar-refractivity contribution in [2.24, 2.45) is 0 Å². The normalized spacial score (nSPS) is 12.9. The standard InChI is InChI=1S/C36H37NO3/c1-2-3-4-5-6-22-34(35(38)24-23-27-16-13-15-26-14-7-8-17-28(26)27)37-36(39)40-25-33-31-20-11-9-18-29(31)30-19-10-12-21-32(30)33/h2,7-21,33-34H,1,3-6,22-25H2,(H,37,39)/t34-/m0/s1. The van der Waals surface area contributed by atoms with Crippen molar-refractivity contribution in [1.82, 2.24) is 5.32 Å². The Morgan fingerprint density at radius 2 is 1.50 bits per heavy atom. The minimum atomic E-state index is -0.561. The Bertz CT molecular complexity index is 1440. The van der Waals surface area contributed by atoms with Crippen LogP contribution in [0.25, 0.3) is 21.9 Å². The summed E-state index contributed by atoms with van der Waals surface area (Å²) in [5, 5.41) is 5.26. The number of ether oxygens (including phenoxy) is 1. The summed E-state index contributed by atoms with van der Waals surface area (Å²) in [6.45, 7) is 4.02. The maximum atomic E-state index is 13.4. The second-order valence-corrected chi connectivity index (χ2v) is 10.6. The lowest BCUT2D eigenvalue weighted by molar-refractivity contribution is -0.121. The van der Waals surface area contributed by atoms with Crippen LogP contribution in [0.2, 0.25) is 0 Å². The molecule has 0 unspecified atom stereocenters. The second-order valence-electron chi connectivity index (χ2n) is 10.6. The third kappa shape index (κ3) is 6.34. The van der Waals surface area contributed by atoms with Crippen molar-refractivity contribution >= 4 is 22.6 Å². The Labute approximate surface area is 237 Å². The molecule has 1 atom stereocenters. The van der Waals surface area contributed by atoms with E-state index >= 15 is 0 Å². The molecule has 4 heteroatoms. The Hall–Kier alpha value is -4.18. The summed E-state index contributed by atoms with van der Waals surface area (Å²) < 4.78 is 5.77. The van der Waals surface area contributed by atoms with Crippen LogP contribution in [0.5, 0.6) is 0 Å². The Kier molecular flexibility index (Phi) is 9.07. The monoisotopic (exact) mass is 531 g/mol. The number of unbranched alkanes of at least 4 members (excludes halogenated alkanes) is 3. The van der Waals surface area contributed by atoms with E-state index < -0.39 is 12.1 Å². The van der Waals surface area contributed by atoms with Crippen molar-refractivity contribution in [3.05, 3.63) is 120 Å². The number of allylic oxidation sites excluding steroid dienone is 1. The molecule has 4 aromatic carbocycles. The van der Waals surface area contributed by atoms with Gasteiger partial charge in [-0.1, -0.05) is 110 Å². The van der Waals surface area contributed by atoms with Crippen molar-refractivity contribution in [3.63, 3.8) is 0 Å². The lowest BCUT2D eigenvalue weighted by Crippen LogP contribution is -2.41. The first-order valence-electron chi connectivity index (χ1n) is 14.4. The number of ketones is 1. The zero-order valence-electron chi connectivity index (χ0n) is 23.0. The van der Waals surface area contributed by atoms with Gasteiger partial charge in [-0.25, -0.2) is 4.79 Å². The van der Waals surface area contributed by atoms with Crippen LogP contribution in [-0.2, 0) is 16.0 Å². The first kappa shape index (κ1) is 27.4. The van der Waals surface area contributed by atoms with E-state index in [9.17, 15) is 9.59 Å². The molecule has 204 valence electrons. The number of alkyl carbamates (subject to hydrolysis) is 1. The fourth-order valence-electron chi connectivity index (χ4n) is 5.85. The maximum absolute atomic E-state index is 13.4. The number of carbonyl (C=O) groups excluding carboxylic acids is 2. The number of amides is 1. The van der Waals surface area contributed by atoms with E-state index in [4.69, 9.17) is 4.74 Å². The van der Waals surface area contributed by atoms with Crippen LogP contribution in [-0.4, -0.2) is 24.5 Å². The van der Waals surface area contributed by atoms with E-state index in [2.05, 4.69) is 60.4 Å². The van der Waals surface area contributed by atoms with Crippen LogP contribution in [0, 0.1) is 0 Å². The molecule has 0 saturated heterocycles. The van der Waals surface area contributed by atoms with Crippen LogP contribution < -0.4 is 5.32 Å². The molecular weight excluding hydrogens is 494 g/mol. The summed E-state index contributed by atoms with van der Waals surface area (Å²) in [4.78, 5) is 26.4. The molecule has 1 aliphatic rings. The highest BCUT2D eigenvalue weighted by atomic mass is 16.5. The number of hydrogen-bond donors (Lipinski definition) is 1. The van der Waals surface area contributed by atoms with Gasteiger partial charge in [0.2, 0.25) is 0 Å². The molecule has 1 amide bonds. The Morgan fingerprint density at radius 3 is 2.25 bits per heavy atom. The summed E-state index contributed by atoms with van der Waals surface area (Å²) >= 11 is 0. The third-order valence-electron chi connectivity index (χ3n) is 7.95. The van der Waals surface area contributed by atoms with E-state index in [1.54, 1.807) is 0 Å². The summed E-state index contributed by atoms with van der Waals surface area (Å²) in [5.74, 6) is 0.0303. The highest BCUT2D eigenvalue weighted by Crippen LogP contribution is 2.44. The summed E-state index contributed by atoms with van der Waals surface area (Å²) in [6, 6.07) is 30.4. The van der Waals surface area contributed by atoms with Gasteiger partial charge in [-0.05, 0) is 64.3 Å². The van der Waals surface area contributed by atoms with Gasteiger partial charge in [-0.15, -0.1) is 6.58 Å². The van der Waals surface area contributed by atoms with Crippen molar-refractivity contribution in [3.8, 4) is 11.1 Å². The van der Waals surface area contributed by atoms with Crippen LogP contribution in [0.4, 0.5) is 4.79 Å². The van der Waals surface area contributed by atoms with Crippen LogP contribution >= 0.6 is 0 Å². The molecule has 4 nitrogen and oxygen atoms in total. The van der Waals surface area contributed by atoms with Gasteiger partial charge in [-0.3, -0.25) is 4.79 Å². The predicted octanol–water partition coefficient (Wildman–Crippen LogP) is 8.39. The maximum Gasteiger partial charge on any atom is 0.407 e. The van der Waals surface area contributed by atoms with Crippen molar-refractivity contribution in [1.29, 1.82) is 0 Å². The number of rotatable bonds is 13. The molecule has 0 aromatic heterocycles. The number of carbonyl (C=O) groups is 2.